The summed E-state index contributed by atoms with van der Waals surface area (Å²) in [5, 5.41) is 2.46. The van der Waals surface area contributed by atoms with E-state index in [4.69, 9.17) is 0 Å². The lowest BCUT2D eigenvalue weighted by molar-refractivity contribution is -0.127. The van der Waals surface area contributed by atoms with E-state index in [-0.39, 0.29) is 10.9 Å². The highest BCUT2D eigenvalue weighted by atomic mass is 32.2. The fraction of sp³-hybridized carbons (Fsp3) is 0.600. The van der Waals surface area contributed by atoms with Crippen molar-refractivity contribution in [2.45, 2.75) is 6.04 Å². The summed E-state index contributed by atoms with van der Waals surface area (Å²) >= 11 is 0. The Hall–Kier alpha value is -0.880. The van der Waals surface area contributed by atoms with Gasteiger partial charge in [0, 0.05) is 14.1 Å². The number of amides is 1. The zero-order valence-electron chi connectivity index (χ0n) is 6.16. The van der Waals surface area contributed by atoms with Crippen LogP contribution in [0.25, 0.3) is 0 Å². The van der Waals surface area contributed by atoms with Gasteiger partial charge in [-0.25, -0.2) is 0 Å². The number of carbonyl (C=O) groups is 1. The van der Waals surface area contributed by atoms with Gasteiger partial charge >= 0.3 is 0 Å². The lowest BCUT2D eigenvalue weighted by Crippen LogP contribution is -2.28. The highest BCUT2D eigenvalue weighted by Gasteiger charge is 2.40. The number of rotatable bonds is 1. The second kappa shape index (κ2) is 2.63. The van der Waals surface area contributed by atoms with Crippen molar-refractivity contribution in [3.63, 3.8) is 0 Å². The summed E-state index contributed by atoms with van der Waals surface area (Å²) in [4.78, 5) is 12.4. The average molecular weight is 176 g/mol. The summed E-state index contributed by atoms with van der Waals surface area (Å²) in [7, 11) is 0.889. The average Bonchev–Trinajstić information content (AvgIpc) is 2.63. The third-order valence-corrected chi connectivity index (χ3v) is 2.05. The predicted molar refractivity (Wildman–Crippen MR) is 39.5 cm³/mol. The molecule has 62 valence electrons. The fourth-order valence-corrected chi connectivity index (χ4v) is 1.18. The normalized spacial score (nSPS) is 21.3. The molecule has 1 heterocycles. The van der Waals surface area contributed by atoms with Gasteiger partial charge < -0.3 is 4.90 Å². The molecule has 0 spiro atoms. The minimum Gasteiger partial charge on any atom is -0.347 e. The second-order valence-electron chi connectivity index (χ2n) is 2.41. The van der Waals surface area contributed by atoms with E-state index < -0.39 is 16.3 Å². The zero-order chi connectivity index (χ0) is 8.59. The maximum Gasteiger partial charge on any atom is 0.246 e. The minimum atomic E-state index is -2.27. The Kier molecular flexibility index (Phi) is 1.97. The van der Waals surface area contributed by atoms with Crippen molar-refractivity contribution >= 4 is 21.2 Å². The smallest absolute Gasteiger partial charge is 0.246 e. The molecule has 0 saturated carbocycles. The number of hydrogen-bond donors (Lipinski definition) is 1. The van der Waals surface area contributed by atoms with E-state index >= 15 is 0 Å². The molecule has 6 heteroatoms. The molecule has 0 aromatic heterocycles. The van der Waals surface area contributed by atoms with E-state index in [9.17, 15) is 13.2 Å². The summed E-state index contributed by atoms with van der Waals surface area (Å²) in [5.74, 6) is -0.232. The Morgan fingerprint density at radius 2 is 2.09 bits per heavy atom. The summed E-state index contributed by atoms with van der Waals surface area (Å²) in [6, 6.07) is -0.608. The summed E-state index contributed by atoms with van der Waals surface area (Å²) in [6.07, 6.45) is 0. The molecule has 1 aliphatic heterocycles. The third-order valence-electron chi connectivity index (χ3n) is 1.33. The number of nitrogens with one attached hydrogen (secondary N) is 1. The topological polar surface area (TPSA) is 76.4 Å². The molecule has 0 aromatic rings. The van der Waals surface area contributed by atoms with Crippen molar-refractivity contribution in [1.82, 2.24) is 10.2 Å². The van der Waals surface area contributed by atoms with Crippen LogP contribution in [0.4, 0.5) is 0 Å². The zero-order valence-corrected chi connectivity index (χ0v) is 6.97. The first-order chi connectivity index (χ1) is 5.04. The summed E-state index contributed by atoms with van der Waals surface area (Å²) < 4.78 is 20.5. The molecule has 1 aliphatic rings. The van der Waals surface area contributed by atoms with Crippen LogP contribution in [0, 0.1) is 0 Å². The van der Waals surface area contributed by atoms with Crippen LogP contribution in [0.2, 0.25) is 0 Å². The lowest BCUT2D eigenvalue weighted by atomic mass is 10.4. The number of hydrogen-bond acceptors (Lipinski definition) is 3. The quantitative estimate of drug-likeness (QED) is 0.372. The minimum absolute atomic E-state index is 0.0868. The number of carbonyl (C=O) groups excluding carboxylic acids is 1. The van der Waals surface area contributed by atoms with E-state index in [2.05, 4.69) is 5.32 Å². The van der Waals surface area contributed by atoms with E-state index in [1.807, 2.05) is 0 Å². The molecule has 1 fully saturated rings. The molecule has 11 heavy (non-hydrogen) atoms. The van der Waals surface area contributed by atoms with Gasteiger partial charge in [0.15, 0.2) is 0 Å². The van der Waals surface area contributed by atoms with Crippen molar-refractivity contribution in [3.05, 3.63) is 0 Å². The predicted octanol–water partition coefficient (Wildman–Crippen LogP) is -1.94. The Balaban J connectivity index is 2.73. The van der Waals surface area contributed by atoms with Gasteiger partial charge in [0.05, 0.1) is 0 Å². The molecular formula is C5H8N2O3S. The van der Waals surface area contributed by atoms with Crippen molar-refractivity contribution in [1.29, 1.82) is 0 Å². The van der Waals surface area contributed by atoms with Gasteiger partial charge in [-0.3, -0.25) is 10.1 Å². The van der Waals surface area contributed by atoms with Crippen LogP contribution in [0.3, 0.4) is 0 Å². The number of nitrogens with zero attached hydrogens (tertiary/aromatic N) is 1. The first-order valence-electron chi connectivity index (χ1n) is 2.98. The molecule has 1 rings (SSSR count). The monoisotopic (exact) mass is 176 g/mol. The van der Waals surface area contributed by atoms with Gasteiger partial charge in [-0.1, -0.05) is 0 Å². The van der Waals surface area contributed by atoms with Crippen LogP contribution in [-0.2, 0) is 15.1 Å². The van der Waals surface area contributed by atoms with Gasteiger partial charge in [0.25, 0.3) is 0 Å². The SMILES string of the molecule is CN(C)C(=O)C1NC1=S(=O)=O. The van der Waals surface area contributed by atoms with Crippen molar-refractivity contribution in [2.24, 2.45) is 0 Å². The van der Waals surface area contributed by atoms with Crippen molar-refractivity contribution < 1.29 is 13.2 Å². The van der Waals surface area contributed by atoms with Crippen molar-refractivity contribution in [2.75, 3.05) is 14.1 Å². The molecule has 0 aromatic carbocycles. The molecule has 0 bridgehead atoms. The molecule has 1 unspecified atom stereocenters. The van der Waals surface area contributed by atoms with Gasteiger partial charge in [0.1, 0.15) is 11.0 Å². The van der Waals surface area contributed by atoms with Crippen LogP contribution in [-0.4, -0.2) is 44.4 Å². The maximum absolute atomic E-state index is 11.0. The van der Waals surface area contributed by atoms with E-state index in [1.54, 1.807) is 14.1 Å². The molecule has 0 radical (unpaired) electrons. The maximum atomic E-state index is 11.0. The Morgan fingerprint density at radius 3 is 2.36 bits per heavy atom. The summed E-state index contributed by atoms with van der Waals surface area (Å²) in [5.41, 5.74) is 0. The molecular weight excluding hydrogens is 168 g/mol. The summed E-state index contributed by atoms with van der Waals surface area (Å²) in [6.45, 7) is 0. The van der Waals surface area contributed by atoms with Crippen LogP contribution in [0.1, 0.15) is 0 Å². The first-order valence-corrected chi connectivity index (χ1v) is 4.05. The standard InChI is InChI=1S/C5H8N2O3S/c1-7(2)5(8)3-4(6-3)11(9)10/h3,6H,1-2H3. The van der Waals surface area contributed by atoms with Crippen molar-refractivity contribution in [3.8, 4) is 0 Å². The van der Waals surface area contributed by atoms with Crippen LogP contribution < -0.4 is 5.32 Å². The highest BCUT2D eigenvalue weighted by Crippen LogP contribution is 2.03. The van der Waals surface area contributed by atoms with Crippen LogP contribution >= 0.6 is 0 Å². The Bertz CT molecular complexity index is 309. The molecule has 1 atom stereocenters. The molecule has 0 aliphatic carbocycles. The molecule has 1 N–H and O–H groups in total. The lowest BCUT2D eigenvalue weighted by Gasteiger charge is -2.05. The van der Waals surface area contributed by atoms with E-state index in [1.165, 1.54) is 4.90 Å². The molecule has 1 saturated heterocycles. The highest BCUT2D eigenvalue weighted by molar-refractivity contribution is 7.73. The third kappa shape index (κ3) is 1.58. The van der Waals surface area contributed by atoms with Gasteiger partial charge in [0.2, 0.25) is 16.2 Å². The molecule has 5 nitrogen and oxygen atoms in total. The van der Waals surface area contributed by atoms with Gasteiger partial charge in [-0.2, -0.15) is 8.42 Å². The number of likely N-dealkylation sites (N-methyl/N-ethyl adjacent to an activating group) is 1. The fourth-order valence-electron chi connectivity index (χ4n) is 0.677. The van der Waals surface area contributed by atoms with Crippen LogP contribution in [0.15, 0.2) is 0 Å². The van der Waals surface area contributed by atoms with E-state index in [0.29, 0.717) is 0 Å². The largest absolute Gasteiger partial charge is 0.347 e. The Morgan fingerprint density at radius 1 is 1.55 bits per heavy atom. The second-order valence-corrected chi connectivity index (χ2v) is 3.32. The van der Waals surface area contributed by atoms with Gasteiger partial charge in [-0.05, 0) is 0 Å². The first kappa shape index (κ1) is 8.22. The molecule has 1 amide bonds. The van der Waals surface area contributed by atoms with Crippen LogP contribution in [0.5, 0.6) is 0 Å². The van der Waals surface area contributed by atoms with E-state index in [0.717, 1.165) is 0 Å². The van der Waals surface area contributed by atoms with Gasteiger partial charge in [-0.15, -0.1) is 0 Å². The Labute approximate surface area is 65.5 Å².